The first kappa shape index (κ1) is 9.49. The number of hydrogen-bond donors (Lipinski definition) is 1. The van der Waals surface area contributed by atoms with Crippen molar-refractivity contribution in [2.24, 2.45) is 17.8 Å². The molecule has 2 rings (SSSR count). The highest BCUT2D eigenvalue weighted by Crippen LogP contribution is 2.36. The third-order valence-electron chi connectivity index (χ3n) is 3.40. The summed E-state index contributed by atoms with van der Waals surface area (Å²) in [6.07, 6.45) is 2.50. The van der Waals surface area contributed by atoms with E-state index in [4.69, 9.17) is 4.74 Å². The van der Waals surface area contributed by atoms with Crippen molar-refractivity contribution in [3.05, 3.63) is 0 Å². The van der Waals surface area contributed by atoms with E-state index in [1.54, 1.807) is 0 Å². The van der Waals surface area contributed by atoms with E-state index in [1.165, 1.54) is 7.11 Å². The maximum Gasteiger partial charge on any atom is 0.308 e. The van der Waals surface area contributed by atoms with Crippen LogP contribution in [0, 0.1) is 17.8 Å². The summed E-state index contributed by atoms with van der Waals surface area (Å²) in [5.74, 6) is 0.383. The van der Waals surface area contributed by atoms with Crippen molar-refractivity contribution in [3.8, 4) is 0 Å². The minimum absolute atomic E-state index is 0.0489. The quantitative estimate of drug-likeness (QED) is 0.616. The predicted molar refractivity (Wildman–Crippen MR) is 49.3 cm³/mol. The maximum absolute atomic E-state index is 11.4. The molecule has 3 unspecified atom stereocenters. The molecular weight excluding hydrogens is 182 g/mol. The van der Waals surface area contributed by atoms with Gasteiger partial charge in [0, 0.05) is 12.5 Å². The number of methoxy groups -OCH3 is 1. The van der Waals surface area contributed by atoms with Gasteiger partial charge in [0.15, 0.2) is 0 Å². The van der Waals surface area contributed by atoms with E-state index in [0.717, 1.165) is 19.4 Å². The van der Waals surface area contributed by atoms with Gasteiger partial charge in [0.2, 0.25) is 5.91 Å². The van der Waals surface area contributed by atoms with E-state index >= 15 is 0 Å². The van der Waals surface area contributed by atoms with Crippen molar-refractivity contribution in [3.63, 3.8) is 0 Å². The Labute approximate surface area is 83.0 Å². The van der Waals surface area contributed by atoms with Gasteiger partial charge < -0.3 is 10.1 Å². The van der Waals surface area contributed by atoms with Gasteiger partial charge in [0.05, 0.1) is 13.0 Å². The zero-order valence-corrected chi connectivity index (χ0v) is 8.29. The summed E-state index contributed by atoms with van der Waals surface area (Å²) >= 11 is 0. The van der Waals surface area contributed by atoms with Crippen LogP contribution in [0.25, 0.3) is 0 Å². The van der Waals surface area contributed by atoms with E-state index in [-0.39, 0.29) is 23.7 Å². The van der Waals surface area contributed by atoms with E-state index < -0.39 is 0 Å². The van der Waals surface area contributed by atoms with E-state index in [2.05, 4.69) is 5.32 Å². The van der Waals surface area contributed by atoms with Crippen molar-refractivity contribution < 1.29 is 14.3 Å². The van der Waals surface area contributed by atoms with Crippen LogP contribution in [-0.2, 0) is 14.3 Å². The van der Waals surface area contributed by atoms with Gasteiger partial charge in [-0.3, -0.25) is 9.59 Å². The molecule has 3 atom stereocenters. The predicted octanol–water partition coefficient (Wildman–Crippen LogP) is 0.322. The van der Waals surface area contributed by atoms with Gasteiger partial charge in [-0.15, -0.1) is 0 Å². The minimum Gasteiger partial charge on any atom is -0.469 e. The van der Waals surface area contributed by atoms with E-state index in [0.29, 0.717) is 12.3 Å². The van der Waals surface area contributed by atoms with Gasteiger partial charge in [0.1, 0.15) is 0 Å². The standard InChI is InChI=1S/C10H15NO3/c1-14-10(13)6-2-3-7-5-11-9(12)8(7)4-6/h6-8H,2-5H2,1H3,(H,11,12). The Balaban J connectivity index is 2.01. The van der Waals surface area contributed by atoms with Gasteiger partial charge in [-0.25, -0.2) is 0 Å². The fourth-order valence-electron chi connectivity index (χ4n) is 2.54. The summed E-state index contributed by atoms with van der Waals surface area (Å²) < 4.78 is 4.70. The van der Waals surface area contributed by atoms with Crippen LogP contribution in [0.2, 0.25) is 0 Å². The lowest BCUT2D eigenvalue weighted by Crippen LogP contribution is -2.30. The highest BCUT2D eigenvalue weighted by molar-refractivity contribution is 5.82. The van der Waals surface area contributed by atoms with Gasteiger partial charge in [-0.05, 0) is 25.2 Å². The van der Waals surface area contributed by atoms with Gasteiger partial charge in [-0.2, -0.15) is 0 Å². The Morgan fingerprint density at radius 3 is 3.00 bits per heavy atom. The van der Waals surface area contributed by atoms with Crippen LogP contribution in [0.1, 0.15) is 19.3 Å². The molecule has 1 aliphatic heterocycles. The van der Waals surface area contributed by atoms with Crippen molar-refractivity contribution in [2.75, 3.05) is 13.7 Å². The first-order valence-corrected chi connectivity index (χ1v) is 5.08. The van der Waals surface area contributed by atoms with Crippen LogP contribution >= 0.6 is 0 Å². The molecule has 4 heteroatoms. The molecule has 14 heavy (non-hydrogen) atoms. The molecule has 0 bridgehead atoms. The number of hydrogen-bond acceptors (Lipinski definition) is 3. The van der Waals surface area contributed by atoms with Crippen molar-refractivity contribution in [1.29, 1.82) is 0 Å². The molecule has 1 aliphatic carbocycles. The first-order chi connectivity index (χ1) is 6.72. The molecule has 1 saturated carbocycles. The fraction of sp³-hybridized carbons (Fsp3) is 0.800. The second-order valence-corrected chi connectivity index (χ2v) is 4.14. The summed E-state index contributed by atoms with van der Waals surface area (Å²) in [6.45, 7) is 0.789. The van der Waals surface area contributed by atoms with Crippen LogP contribution in [0.4, 0.5) is 0 Å². The first-order valence-electron chi connectivity index (χ1n) is 5.08. The SMILES string of the molecule is COC(=O)C1CCC2CNC(=O)C2C1. The molecule has 2 aliphatic rings. The Kier molecular flexibility index (Phi) is 2.44. The molecular formula is C10H15NO3. The lowest BCUT2D eigenvalue weighted by molar-refractivity contribution is -0.147. The molecule has 1 heterocycles. The number of carbonyl (C=O) groups is 2. The smallest absolute Gasteiger partial charge is 0.308 e. The summed E-state index contributed by atoms with van der Waals surface area (Å²) in [7, 11) is 1.41. The molecule has 4 nitrogen and oxygen atoms in total. The molecule has 0 aromatic rings. The van der Waals surface area contributed by atoms with E-state index in [1.807, 2.05) is 0 Å². The Hall–Kier alpha value is -1.06. The average molecular weight is 197 g/mol. The molecule has 1 N–H and O–H groups in total. The number of carbonyl (C=O) groups excluding carboxylic acids is 2. The molecule has 0 radical (unpaired) electrons. The molecule has 2 fully saturated rings. The largest absolute Gasteiger partial charge is 0.469 e. The van der Waals surface area contributed by atoms with Gasteiger partial charge >= 0.3 is 5.97 Å². The molecule has 78 valence electrons. The summed E-state index contributed by atoms with van der Waals surface area (Å²) in [4.78, 5) is 22.7. The Morgan fingerprint density at radius 1 is 1.50 bits per heavy atom. The van der Waals surface area contributed by atoms with Crippen LogP contribution in [0.3, 0.4) is 0 Å². The summed E-state index contributed by atoms with van der Waals surface area (Å²) in [5, 5.41) is 2.85. The third-order valence-corrected chi connectivity index (χ3v) is 3.40. The average Bonchev–Trinajstić information content (AvgIpc) is 2.59. The lowest BCUT2D eigenvalue weighted by Gasteiger charge is -2.27. The lowest BCUT2D eigenvalue weighted by atomic mass is 9.75. The van der Waals surface area contributed by atoms with Crippen molar-refractivity contribution >= 4 is 11.9 Å². The molecule has 1 amide bonds. The molecule has 0 aromatic carbocycles. The summed E-state index contributed by atoms with van der Waals surface area (Å²) in [6, 6.07) is 0. The highest BCUT2D eigenvalue weighted by atomic mass is 16.5. The van der Waals surface area contributed by atoms with Crippen LogP contribution in [-0.4, -0.2) is 25.5 Å². The number of ether oxygens (including phenoxy) is 1. The van der Waals surface area contributed by atoms with E-state index in [9.17, 15) is 9.59 Å². The second kappa shape index (κ2) is 3.59. The highest BCUT2D eigenvalue weighted by Gasteiger charge is 2.41. The zero-order chi connectivity index (χ0) is 10.1. The second-order valence-electron chi connectivity index (χ2n) is 4.14. The third kappa shape index (κ3) is 1.49. The van der Waals surface area contributed by atoms with Crippen LogP contribution < -0.4 is 5.32 Å². The van der Waals surface area contributed by atoms with Gasteiger partial charge in [-0.1, -0.05) is 0 Å². The topological polar surface area (TPSA) is 55.4 Å². The van der Waals surface area contributed by atoms with Gasteiger partial charge in [0.25, 0.3) is 0 Å². The number of nitrogens with one attached hydrogen (secondary N) is 1. The number of esters is 1. The normalized spacial score (nSPS) is 36.1. The number of rotatable bonds is 1. The number of amides is 1. The van der Waals surface area contributed by atoms with Crippen LogP contribution in [0.5, 0.6) is 0 Å². The molecule has 0 spiro atoms. The Morgan fingerprint density at radius 2 is 2.29 bits per heavy atom. The zero-order valence-electron chi connectivity index (χ0n) is 8.29. The monoisotopic (exact) mass is 197 g/mol. The number of fused-ring (bicyclic) bond motifs is 1. The molecule has 0 aromatic heterocycles. The van der Waals surface area contributed by atoms with Crippen molar-refractivity contribution in [2.45, 2.75) is 19.3 Å². The maximum atomic E-state index is 11.4. The Bertz CT molecular complexity index is 264. The minimum atomic E-state index is -0.164. The fourth-order valence-corrected chi connectivity index (χ4v) is 2.54. The molecule has 1 saturated heterocycles. The van der Waals surface area contributed by atoms with Crippen LogP contribution in [0.15, 0.2) is 0 Å². The van der Waals surface area contributed by atoms with Crippen molar-refractivity contribution in [1.82, 2.24) is 5.32 Å². The summed E-state index contributed by atoms with van der Waals surface area (Å²) in [5.41, 5.74) is 0.